The van der Waals surface area contributed by atoms with Gasteiger partial charge in [-0.3, -0.25) is 0 Å². The summed E-state index contributed by atoms with van der Waals surface area (Å²) in [5, 5.41) is 12.0. The van der Waals surface area contributed by atoms with Crippen molar-refractivity contribution in [3.8, 4) is 0 Å². The highest BCUT2D eigenvalue weighted by atomic mass is 19.1. The van der Waals surface area contributed by atoms with Gasteiger partial charge in [0.2, 0.25) is 0 Å². The third kappa shape index (κ3) is 4.96. The van der Waals surface area contributed by atoms with Crippen LogP contribution in [0.25, 0.3) is 0 Å². The normalized spacial score (nSPS) is 11.3. The van der Waals surface area contributed by atoms with Crippen LogP contribution in [-0.2, 0) is 6.54 Å². The van der Waals surface area contributed by atoms with Crippen molar-refractivity contribution in [3.05, 3.63) is 35.1 Å². The highest BCUT2D eigenvalue weighted by Crippen LogP contribution is 2.10. The molecule has 0 aliphatic heterocycles. The van der Waals surface area contributed by atoms with E-state index in [4.69, 9.17) is 5.11 Å². The molecule has 1 rings (SSSR count). The Labute approximate surface area is 113 Å². The lowest BCUT2D eigenvalue weighted by atomic mass is 10.1. The van der Waals surface area contributed by atoms with Crippen LogP contribution in [0.4, 0.5) is 4.39 Å². The molecule has 0 saturated carbocycles. The number of carbonyl (C=O) groups is 1. The molecule has 106 valence electrons. The fourth-order valence-corrected chi connectivity index (χ4v) is 1.58. The summed E-state index contributed by atoms with van der Waals surface area (Å²) in [7, 11) is 2.03. The average molecular weight is 268 g/mol. The second-order valence-corrected chi connectivity index (χ2v) is 4.86. The molecule has 4 nitrogen and oxygen atoms in total. The molecule has 2 N–H and O–H groups in total. The predicted molar refractivity (Wildman–Crippen MR) is 72.8 cm³/mol. The maximum atomic E-state index is 13.5. The van der Waals surface area contributed by atoms with Gasteiger partial charge in [0.1, 0.15) is 5.82 Å². The average Bonchev–Trinajstić information content (AvgIpc) is 2.35. The minimum absolute atomic E-state index is 0.109. The fourth-order valence-electron chi connectivity index (χ4n) is 1.58. The van der Waals surface area contributed by atoms with Crippen molar-refractivity contribution in [2.75, 3.05) is 20.1 Å². The first-order chi connectivity index (χ1) is 8.91. The van der Waals surface area contributed by atoms with Gasteiger partial charge in [0.15, 0.2) is 0 Å². The lowest BCUT2D eigenvalue weighted by Crippen LogP contribution is -2.33. The first-order valence-corrected chi connectivity index (χ1v) is 6.34. The molecule has 19 heavy (non-hydrogen) atoms. The molecule has 1 aromatic rings. The molecule has 0 fully saturated rings. The first kappa shape index (κ1) is 15.6. The fraction of sp³-hybridized carbons (Fsp3) is 0.500. The van der Waals surface area contributed by atoms with E-state index in [2.05, 4.69) is 24.1 Å². The molecular weight excluding hydrogens is 247 g/mol. The van der Waals surface area contributed by atoms with Gasteiger partial charge < -0.3 is 15.3 Å². The van der Waals surface area contributed by atoms with E-state index in [9.17, 15) is 9.18 Å². The van der Waals surface area contributed by atoms with Gasteiger partial charge in [-0.05, 0) is 39.1 Å². The highest BCUT2D eigenvalue weighted by Gasteiger charge is 2.08. The Morgan fingerprint density at radius 3 is 2.74 bits per heavy atom. The Balaban J connectivity index is 2.49. The van der Waals surface area contributed by atoms with Crippen LogP contribution in [0.5, 0.6) is 0 Å². The quantitative estimate of drug-likeness (QED) is 0.742. The number of benzene rings is 1. The summed E-state index contributed by atoms with van der Waals surface area (Å²) < 4.78 is 13.5. The standard InChI is InChI=1S/C14H21FN2O2/c1-10(2)17(3)7-6-16-9-12-8-11(14(18)19)4-5-13(12)15/h4-5,8,10,16H,6-7,9H2,1-3H3,(H,18,19). The van der Waals surface area contributed by atoms with E-state index in [0.717, 1.165) is 13.1 Å². The minimum Gasteiger partial charge on any atom is -0.478 e. The molecule has 0 spiro atoms. The van der Waals surface area contributed by atoms with Gasteiger partial charge in [0.25, 0.3) is 0 Å². The monoisotopic (exact) mass is 268 g/mol. The maximum absolute atomic E-state index is 13.5. The van der Waals surface area contributed by atoms with E-state index in [1.165, 1.54) is 18.2 Å². The van der Waals surface area contributed by atoms with Crippen molar-refractivity contribution in [3.63, 3.8) is 0 Å². The minimum atomic E-state index is -1.04. The molecule has 0 atom stereocenters. The van der Waals surface area contributed by atoms with Crippen LogP contribution in [0.15, 0.2) is 18.2 Å². The Kier molecular flexibility index (Phi) is 5.92. The zero-order chi connectivity index (χ0) is 14.4. The predicted octanol–water partition coefficient (Wildman–Crippen LogP) is 1.95. The summed E-state index contributed by atoms with van der Waals surface area (Å²) in [5.74, 6) is -1.42. The number of nitrogens with one attached hydrogen (secondary N) is 1. The van der Waals surface area contributed by atoms with Crippen LogP contribution in [0.3, 0.4) is 0 Å². The van der Waals surface area contributed by atoms with E-state index in [0.29, 0.717) is 18.2 Å². The molecule has 0 aromatic heterocycles. The largest absolute Gasteiger partial charge is 0.478 e. The van der Waals surface area contributed by atoms with E-state index >= 15 is 0 Å². The topological polar surface area (TPSA) is 52.6 Å². The van der Waals surface area contributed by atoms with Crippen LogP contribution in [0.1, 0.15) is 29.8 Å². The van der Waals surface area contributed by atoms with Crippen molar-refractivity contribution in [1.29, 1.82) is 0 Å². The Hall–Kier alpha value is -1.46. The van der Waals surface area contributed by atoms with E-state index < -0.39 is 5.97 Å². The molecule has 0 unspecified atom stereocenters. The molecule has 0 aliphatic carbocycles. The summed E-state index contributed by atoms with van der Waals surface area (Å²) in [6, 6.07) is 4.31. The number of nitrogens with zero attached hydrogens (tertiary/aromatic N) is 1. The molecule has 1 aromatic carbocycles. The van der Waals surface area contributed by atoms with Crippen molar-refractivity contribution < 1.29 is 14.3 Å². The number of halogens is 1. The van der Waals surface area contributed by atoms with E-state index in [-0.39, 0.29) is 11.4 Å². The molecule has 0 bridgehead atoms. The second-order valence-electron chi connectivity index (χ2n) is 4.86. The Morgan fingerprint density at radius 2 is 2.16 bits per heavy atom. The van der Waals surface area contributed by atoms with Crippen LogP contribution in [-0.4, -0.2) is 42.2 Å². The van der Waals surface area contributed by atoms with Crippen LogP contribution >= 0.6 is 0 Å². The number of likely N-dealkylation sites (N-methyl/N-ethyl adjacent to an activating group) is 1. The first-order valence-electron chi connectivity index (χ1n) is 6.34. The van der Waals surface area contributed by atoms with Crippen LogP contribution in [0.2, 0.25) is 0 Å². The van der Waals surface area contributed by atoms with E-state index in [1.807, 2.05) is 7.05 Å². The smallest absolute Gasteiger partial charge is 0.335 e. The zero-order valence-corrected chi connectivity index (χ0v) is 11.6. The lowest BCUT2D eigenvalue weighted by molar-refractivity contribution is 0.0696. The number of hydrogen-bond acceptors (Lipinski definition) is 3. The number of carboxylic acids is 1. The van der Waals surface area contributed by atoms with Gasteiger partial charge in [-0.15, -0.1) is 0 Å². The van der Waals surface area contributed by atoms with E-state index in [1.54, 1.807) is 0 Å². The van der Waals surface area contributed by atoms with Crippen molar-refractivity contribution >= 4 is 5.97 Å². The second kappa shape index (κ2) is 7.21. The third-order valence-electron chi connectivity index (χ3n) is 3.13. The van der Waals surface area contributed by atoms with Gasteiger partial charge in [-0.25, -0.2) is 9.18 Å². The molecule has 0 heterocycles. The van der Waals surface area contributed by atoms with Gasteiger partial charge in [-0.1, -0.05) is 0 Å². The van der Waals surface area contributed by atoms with Gasteiger partial charge in [-0.2, -0.15) is 0 Å². The van der Waals surface area contributed by atoms with Crippen LogP contribution < -0.4 is 5.32 Å². The van der Waals surface area contributed by atoms with Crippen molar-refractivity contribution in [2.24, 2.45) is 0 Å². The maximum Gasteiger partial charge on any atom is 0.335 e. The highest BCUT2D eigenvalue weighted by molar-refractivity contribution is 5.87. The van der Waals surface area contributed by atoms with Gasteiger partial charge in [0.05, 0.1) is 5.56 Å². The Morgan fingerprint density at radius 1 is 1.47 bits per heavy atom. The summed E-state index contributed by atoms with van der Waals surface area (Å²) in [4.78, 5) is 13.0. The molecule has 0 radical (unpaired) electrons. The third-order valence-corrected chi connectivity index (χ3v) is 3.13. The van der Waals surface area contributed by atoms with Gasteiger partial charge in [0, 0.05) is 31.2 Å². The van der Waals surface area contributed by atoms with Crippen molar-refractivity contribution in [1.82, 2.24) is 10.2 Å². The molecule has 0 saturated heterocycles. The van der Waals surface area contributed by atoms with Gasteiger partial charge >= 0.3 is 5.97 Å². The molecule has 5 heteroatoms. The summed E-state index contributed by atoms with van der Waals surface area (Å²) >= 11 is 0. The zero-order valence-electron chi connectivity index (χ0n) is 11.6. The Bertz CT molecular complexity index is 435. The SMILES string of the molecule is CC(C)N(C)CCNCc1cc(C(=O)O)ccc1F. The molecule has 0 aliphatic rings. The number of carboxylic acid groups (broad SMARTS) is 1. The van der Waals surface area contributed by atoms with Crippen molar-refractivity contribution in [2.45, 2.75) is 26.4 Å². The summed E-state index contributed by atoms with van der Waals surface area (Å²) in [5.41, 5.74) is 0.490. The lowest BCUT2D eigenvalue weighted by Gasteiger charge is -2.21. The number of aromatic carboxylic acids is 1. The summed E-state index contributed by atoms with van der Waals surface area (Å²) in [6.07, 6.45) is 0. The summed E-state index contributed by atoms with van der Waals surface area (Å²) in [6.45, 7) is 6.13. The molecular formula is C14H21FN2O2. The van der Waals surface area contributed by atoms with Crippen LogP contribution in [0, 0.1) is 5.82 Å². The number of rotatable bonds is 7. The number of hydrogen-bond donors (Lipinski definition) is 2. The molecule has 0 amide bonds.